The Morgan fingerprint density at radius 3 is 2.70 bits per heavy atom. The molecule has 8 heteroatoms. The third-order valence-corrected chi connectivity index (χ3v) is 6.78. The molecule has 1 amide bonds. The number of aromatic amines is 1. The largest absolute Gasteiger partial charge is 0.372 e. The summed E-state index contributed by atoms with van der Waals surface area (Å²) in [5, 5.41) is 2.99. The first-order valence-corrected chi connectivity index (χ1v) is 12.3. The molecule has 0 aliphatic carbocycles. The number of aromatic nitrogens is 4. The number of hydrogen-bond donors (Lipinski definition) is 2. The van der Waals surface area contributed by atoms with Crippen molar-refractivity contribution in [3.63, 3.8) is 0 Å². The second-order valence-electron chi connectivity index (χ2n) is 7.99. The normalized spacial score (nSPS) is 13.9. The Labute approximate surface area is 197 Å². The number of amides is 1. The Hall–Kier alpha value is -3.39. The highest BCUT2D eigenvalue weighted by Gasteiger charge is 2.17. The van der Waals surface area contributed by atoms with E-state index >= 15 is 0 Å². The Bertz CT molecular complexity index is 1260. The lowest BCUT2D eigenvalue weighted by Crippen LogP contribution is -2.29. The summed E-state index contributed by atoms with van der Waals surface area (Å²) < 4.78 is 0. The van der Waals surface area contributed by atoms with E-state index < -0.39 is 0 Å². The van der Waals surface area contributed by atoms with E-state index in [-0.39, 0.29) is 5.91 Å². The minimum absolute atomic E-state index is 0.230. The Kier molecular flexibility index (Phi) is 6.26. The molecule has 0 bridgehead atoms. The van der Waals surface area contributed by atoms with Crippen LogP contribution in [0.4, 0.5) is 11.4 Å². The molecule has 1 aliphatic heterocycles. The van der Waals surface area contributed by atoms with Crippen LogP contribution in [0, 0.1) is 0 Å². The first-order valence-electron chi connectivity index (χ1n) is 11.3. The van der Waals surface area contributed by atoms with Gasteiger partial charge >= 0.3 is 0 Å². The first kappa shape index (κ1) is 21.5. The quantitative estimate of drug-likeness (QED) is 0.378. The lowest BCUT2D eigenvalue weighted by molar-refractivity contribution is 0.102. The number of anilines is 2. The second-order valence-corrected chi connectivity index (χ2v) is 9.30. The number of H-pyrrole nitrogens is 1. The molecule has 7 nitrogen and oxygen atoms in total. The summed E-state index contributed by atoms with van der Waals surface area (Å²) in [4.78, 5) is 33.1. The molecule has 1 aromatic carbocycles. The van der Waals surface area contributed by atoms with Crippen LogP contribution < -0.4 is 10.2 Å². The molecule has 1 saturated heterocycles. The van der Waals surface area contributed by atoms with Gasteiger partial charge in [-0.3, -0.25) is 9.78 Å². The SMILES string of the molecule is CCSc1ccncc1NC(=O)c1ccnc2[nH]c(-c3ccc(N4CCCCC4)cc3)nc12. The third kappa shape index (κ3) is 4.57. The molecular formula is C25H26N6OS. The topological polar surface area (TPSA) is 86.8 Å². The average Bonchev–Trinajstić information content (AvgIpc) is 3.30. The smallest absolute Gasteiger partial charge is 0.258 e. The molecule has 0 radical (unpaired) electrons. The number of nitrogens with one attached hydrogen (secondary N) is 2. The molecule has 4 aromatic rings. The van der Waals surface area contributed by atoms with Crippen LogP contribution in [0.15, 0.2) is 59.9 Å². The number of nitrogens with zero attached hydrogens (tertiary/aromatic N) is 4. The number of fused-ring (bicyclic) bond motifs is 1. The van der Waals surface area contributed by atoms with Crippen molar-refractivity contribution in [2.24, 2.45) is 0 Å². The summed E-state index contributed by atoms with van der Waals surface area (Å²) >= 11 is 1.66. The number of carbonyl (C=O) groups is 1. The highest BCUT2D eigenvalue weighted by atomic mass is 32.2. The average molecular weight is 459 g/mol. The molecule has 0 saturated carbocycles. The Morgan fingerprint density at radius 2 is 1.91 bits per heavy atom. The number of imidazole rings is 1. The summed E-state index contributed by atoms with van der Waals surface area (Å²) in [7, 11) is 0. The molecule has 0 unspecified atom stereocenters. The van der Waals surface area contributed by atoms with Gasteiger partial charge in [-0.25, -0.2) is 9.97 Å². The van der Waals surface area contributed by atoms with Crippen LogP contribution in [-0.4, -0.2) is 44.7 Å². The van der Waals surface area contributed by atoms with Crippen molar-refractivity contribution in [1.29, 1.82) is 0 Å². The van der Waals surface area contributed by atoms with Gasteiger partial charge < -0.3 is 15.2 Å². The van der Waals surface area contributed by atoms with Crippen molar-refractivity contribution in [1.82, 2.24) is 19.9 Å². The van der Waals surface area contributed by atoms with Crippen LogP contribution in [-0.2, 0) is 0 Å². The Morgan fingerprint density at radius 1 is 1.09 bits per heavy atom. The van der Waals surface area contributed by atoms with Gasteiger partial charge in [0.1, 0.15) is 11.3 Å². The van der Waals surface area contributed by atoms with Crippen molar-refractivity contribution in [3.8, 4) is 11.4 Å². The summed E-state index contributed by atoms with van der Waals surface area (Å²) in [6, 6.07) is 12.0. The maximum Gasteiger partial charge on any atom is 0.258 e. The minimum atomic E-state index is -0.230. The molecule has 3 aromatic heterocycles. The van der Waals surface area contributed by atoms with Gasteiger partial charge in [0.15, 0.2) is 5.65 Å². The van der Waals surface area contributed by atoms with Gasteiger partial charge in [-0.15, -0.1) is 11.8 Å². The molecule has 0 spiro atoms. The van der Waals surface area contributed by atoms with Crippen molar-refractivity contribution in [2.45, 2.75) is 31.1 Å². The molecule has 2 N–H and O–H groups in total. The second kappa shape index (κ2) is 9.62. The van der Waals surface area contributed by atoms with Crippen molar-refractivity contribution in [3.05, 3.63) is 60.6 Å². The zero-order valence-electron chi connectivity index (χ0n) is 18.5. The van der Waals surface area contributed by atoms with Gasteiger partial charge in [-0.2, -0.15) is 0 Å². The molecule has 168 valence electrons. The van der Waals surface area contributed by atoms with Gasteiger partial charge in [0, 0.05) is 41.6 Å². The molecule has 1 fully saturated rings. The molecule has 1 aliphatic rings. The molecule has 33 heavy (non-hydrogen) atoms. The minimum Gasteiger partial charge on any atom is -0.372 e. The van der Waals surface area contributed by atoms with Gasteiger partial charge in [0.05, 0.1) is 17.4 Å². The van der Waals surface area contributed by atoms with Gasteiger partial charge in [-0.1, -0.05) is 6.92 Å². The van der Waals surface area contributed by atoms with Crippen LogP contribution >= 0.6 is 11.8 Å². The van der Waals surface area contributed by atoms with Gasteiger partial charge in [0.25, 0.3) is 5.91 Å². The number of hydrogen-bond acceptors (Lipinski definition) is 6. The van der Waals surface area contributed by atoms with Crippen LogP contribution in [0.1, 0.15) is 36.5 Å². The van der Waals surface area contributed by atoms with E-state index in [1.54, 1.807) is 36.4 Å². The maximum absolute atomic E-state index is 13.1. The fourth-order valence-corrected chi connectivity index (χ4v) is 4.89. The molecule has 5 rings (SSSR count). The van der Waals surface area contributed by atoms with Crippen LogP contribution in [0.3, 0.4) is 0 Å². The number of rotatable bonds is 6. The number of carbonyl (C=O) groups excluding carboxylic acids is 1. The summed E-state index contributed by atoms with van der Waals surface area (Å²) in [5.74, 6) is 1.38. The van der Waals surface area contributed by atoms with E-state index in [9.17, 15) is 4.79 Å². The highest BCUT2D eigenvalue weighted by molar-refractivity contribution is 7.99. The maximum atomic E-state index is 13.1. The predicted molar refractivity (Wildman–Crippen MR) is 134 cm³/mol. The van der Waals surface area contributed by atoms with Gasteiger partial charge in [0.2, 0.25) is 0 Å². The van der Waals surface area contributed by atoms with Crippen LogP contribution in [0.2, 0.25) is 0 Å². The molecule has 0 atom stereocenters. The Balaban J connectivity index is 1.41. The zero-order chi connectivity index (χ0) is 22.6. The number of benzene rings is 1. The lowest BCUT2D eigenvalue weighted by Gasteiger charge is -2.28. The predicted octanol–water partition coefficient (Wildman–Crippen LogP) is 5.37. The van der Waals surface area contributed by atoms with E-state index in [2.05, 4.69) is 56.4 Å². The summed E-state index contributed by atoms with van der Waals surface area (Å²) in [6.07, 6.45) is 8.85. The number of piperidine rings is 1. The molecule has 4 heterocycles. The fraction of sp³-hybridized carbons (Fsp3) is 0.280. The standard InChI is InChI=1S/C25H26N6OS/c1-2-33-21-11-12-26-16-20(21)28-25(32)19-10-13-27-24-22(19)29-23(30-24)17-6-8-18(9-7-17)31-14-4-3-5-15-31/h6-13,16H,2-5,14-15H2,1H3,(H,28,32)(H,27,29,30). The van der Waals surface area contributed by atoms with Crippen LogP contribution in [0.5, 0.6) is 0 Å². The van der Waals surface area contributed by atoms with Gasteiger partial charge in [-0.05, 0) is 61.4 Å². The van der Waals surface area contributed by atoms with E-state index in [1.807, 2.05) is 6.07 Å². The van der Waals surface area contributed by atoms with E-state index in [4.69, 9.17) is 4.98 Å². The van der Waals surface area contributed by atoms with E-state index in [0.717, 1.165) is 29.3 Å². The highest BCUT2D eigenvalue weighted by Crippen LogP contribution is 2.28. The van der Waals surface area contributed by atoms with Crippen molar-refractivity contribution in [2.75, 3.05) is 29.1 Å². The number of thioether (sulfide) groups is 1. The molecular weight excluding hydrogens is 432 g/mol. The van der Waals surface area contributed by atoms with Crippen molar-refractivity contribution >= 4 is 40.2 Å². The third-order valence-electron chi connectivity index (χ3n) is 5.82. The fourth-order valence-electron chi connectivity index (χ4n) is 4.16. The number of pyridine rings is 2. The van der Waals surface area contributed by atoms with Crippen LogP contribution in [0.25, 0.3) is 22.6 Å². The lowest BCUT2D eigenvalue weighted by atomic mass is 10.1. The van der Waals surface area contributed by atoms with E-state index in [0.29, 0.717) is 28.2 Å². The first-order chi connectivity index (χ1) is 16.2. The zero-order valence-corrected chi connectivity index (χ0v) is 19.4. The summed E-state index contributed by atoms with van der Waals surface area (Å²) in [6.45, 7) is 4.30. The van der Waals surface area contributed by atoms with Crippen molar-refractivity contribution < 1.29 is 4.79 Å². The van der Waals surface area contributed by atoms with E-state index in [1.165, 1.54) is 24.9 Å². The summed E-state index contributed by atoms with van der Waals surface area (Å²) in [5.41, 5.74) is 4.52. The monoisotopic (exact) mass is 458 g/mol.